The van der Waals surface area contributed by atoms with Gasteiger partial charge in [0.1, 0.15) is 0 Å². The van der Waals surface area contributed by atoms with Crippen LogP contribution in [0.2, 0.25) is 0 Å². The predicted molar refractivity (Wildman–Crippen MR) is 88.1 cm³/mol. The second kappa shape index (κ2) is 7.92. The lowest BCUT2D eigenvalue weighted by Crippen LogP contribution is -2.55. The third-order valence-electron chi connectivity index (χ3n) is 5.06. The van der Waals surface area contributed by atoms with Gasteiger partial charge in [-0.15, -0.1) is 0 Å². The van der Waals surface area contributed by atoms with E-state index in [1.165, 1.54) is 36.8 Å². The standard InChI is InChI=1S/C18H30N2O/c1-3-15-8-10-16(11-9-15)14-17(20-19)18(21-2)12-6-4-5-7-13-18/h8-11,17,20H,3-7,12-14,19H2,1-2H3. The van der Waals surface area contributed by atoms with Gasteiger partial charge in [0.05, 0.1) is 11.6 Å². The summed E-state index contributed by atoms with van der Waals surface area (Å²) < 4.78 is 5.99. The lowest BCUT2D eigenvalue weighted by Gasteiger charge is -2.39. The van der Waals surface area contributed by atoms with Crippen molar-refractivity contribution in [1.82, 2.24) is 5.43 Å². The summed E-state index contributed by atoms with van der Waals surface area (Å²) in [4.78, 5) is 0. The van der Waals surface area contributed by atoms with Crippen LogP contribution in [0.15, 0.2) is 24.3 Å². The maximum atomic E-state index is 5.99. The number of hydrogen-bond acceptors (Lipinski definition) is 3. The van der Waals surface area contributed by atoms with Crippen LogP contribution < -0.4 is 11.3 Å². The van der Waals surface area contributed by atoms with E-state index in [9.17, 15) is 0 Å². The second-order valence-corrected chi connectivity index (χ2v) is 6.28. The largest absolute Gasteiger partial charge is 0.377 e. The molecular formula is C18H30N2O. The zero-order valence-electron chi connectivity index (χ0n) is 13.5. The summed E-state index contributed by atoms with van der Waals surface area (Å²) in [6, 6.07) is 9.06. The molecule has 0 aliphatic heterocycles. The van der Waals surface area contributed by atoms with E-state index in [2.05, 4.69) is 36.6 Å². The fourth-order valence-electron chi connectivity index (χ4n) is 3.57. The third kappa shape index (κ3) is 4.06. The van der Waals surface area contributed by atoms with Gasteiger partial charge in [-0.25, -0.2) is 0 Å². The number of ether oxygens (including phenoxy) is 1. The van der Waals surface area contributed by atoms with Crippen molar-refractivity contribution in [2.24, 2.45) is 5.84 Å². The first-order valence-electron chi connectivity index (χ1n) is 8.33. The van der Waals surface area contributed by atoms with Gasteiger partial charge >= 0.3 is 0 Å². The number of methoxy groups -OCH3 is 1. The molecule has 118 valence electrons. The van der Waals surface area contributed by atoms with E-state index in [4.69, 9.17) is 10.6 Å². The Morgan fingerprint density at radius 3 is 2.14 bits per heavy atom. The van der Waals surface area contributed by atoms with Gasteiger partial charge < -0.3 is 4.74 Å². The number of nitrogens with one attached hydrogen (secondary N) is 1. The van der Waals surface area contributed by atoms with Crippen LogP contribution in [0.1, 0.15) is 56.6 Å². The van der Waals surface area contributed by atoms with Crippen LogP contribution in [0.25, 0.3) is 0 Å². The van der Waals surface area contributed by atoms with Crippen LogP contribution in [0.3, 0.4) is 0 Å². The molecule has 3 N–H and O–H groups in total. The molecule has 0 amide bonds. The first kappa shape index (κ1) is 16.5. The monoisotopic (exact) mass is 290 g/mol. The average Bonchev–Trinajstić information content (AvgIpc) is 2.79. The summed E-state index contributed by atoms with van der Waals surface area (Å²) in [7, 11) is 1.84. The molecule has 1 aliphatic carbocycles. The molecule has 1 unspecified atom stereocenters. The molecule has 0 bridgehead atoms. The van der Waals surface area contributed by atoms with Crippen LogP contribution in [-0.2, 0) is 17.6 Å². The zero-order chi connectivity index (χ0) is 15.1. The SMILES string of the molecule is CCc1ccc(CC(NN)C2(OC)CCCCCC2)cc1. The Balaban J connectivity index is 2.12. The average molecular weight is 290 g/mol. The lowest BCUT2D eigenvalue weighted by molar-refractivity contribution is -0.0527. The molecule has 21 heavy (non-hydrogen) atoms. The van der Waals surface area contributed by atoms with Gasteiger partial charge in [-0.2, -0.15) is 0 Å². The Labute approximate surface area is 129 Å². The molecule has 0 aromatic heterocycles. The molecule has 0 saturated heterocycles. The molecule has 1 saturated carbocycles. The van der Waals surface area contributed by atoms with E-state index in [1.807, 2.05) is 7.11 Å². The van der Waals surface area contributed by atoms with Crippen LogP contribution in [0.4, 0.5) is 0 Å². The number of hydrazine groups is 1. The summed E-state index contributed by atoms with van der Waals surface area (Å²) in [6.07, 6.45) is 9.31. The summed E-state index contributed by atoms with van der Waals surface area (Å²) in [5.74, 6) is 5.89. The molecule has 0 radical (unpaired) electrons. The molecule has 1 aromatic rings. The molecule has 0 spiro atoms. The lowest BCUT2D eigenvalue weighted by atomic mass is 9.83. The van der Waals surface area contributed by atoms with Crippen LogP contribution >= 0.6 is 0 Å². The highest BCUT2D eigenvalue weighted by molar-refractivity contribution is 5.23. The Morgan fingerprint density at radius 2 is 1.67 bits per heavy atom. The minimum Gasteiger partial charge on any atom is -0.377 e. The van der Waals surface area contributed by atoms with Gasteiger partial charge in [-0.3, -0.25) is 11.3 Å². The topological polar surface area (TPSA) is 47.3 Å². The molecule has 1 aliphatic rings. The van der Waals surface area contributed by atoms with Crippen molar-refractivity contribution in [3.63, 3.8) is 0 Å². The van der Waals surface area contributed by atoms with Gasteiger partial charge in [0, 0.05) is 7.11 Å². The highest BCUT2D eigenvalue weighted by Gasteiger charge is 2.38. The minimum atomic E-state index is -0.116. The number of benzene rings is 1. The Morgan fingerprint density at radius 1 is 1.10 bits per heavy atom. The third-order valence-corrected chi connectivity index (χ3v) is 5.06. The molecule has 1 aromatic carbocycles. The van der Waals surface area contributed by atoms with E-state index >= 15 is 0 Å². The highest BCUT2D eigenvalue weighted by Crippen LogP contribution is 2.34. The number of hydrogen-bond donors (Lipinski definition) is 2. The summed E-state index contributed by atoms with van der Waals surface area (Å²) in [5.41, 5.74) is 5.64. The van der Waals surface area contributed by atoms with Gasteiger partial charge in [0.15, 0.2) is 0 Å². The summed E-state index contributed by atoms with van der Waals surface area (Å²) in [5, 5.41) is 0. The first-order valence-corrected chi connectivity index (χ1v) is 8.33. The van der Waals surface area contributed by atoms with Crippen LogP contribution in [0, 0.1) is 0 Å². The molecule has 3 heteroatoms. The second-order valence-electron chi connectivity index (χ2n) is 6.28. The van der Waals surface area contributed by atoms with Gasteiger partial charge in [0.2, 0.25) is 0 Å². The quantitative estimate of drug-likeness (QED) is 0.480. The van der Waals surface area contributed by atoms with Gasteiger partial charge in [0.25, 0.3) is 0 Å². The van der Waals surface area contributed by atoms with E-state index in [0.717, 1.165) is 25.7 Å². The molecule has 3 nitrogen and oxygen atoms in total. The number of nitrogens with two attached hydrogens (primary N) is 1. The van der Waals surface area contributed by atoms with Crippen molar-refractivity contribution >= 4 is 0 Å². The number of aryl methyl sites for hydroxylation is 1. The molecule has 2 rings (SSSR count). The minimum absolute atomic E-state index is 0.116. The Bertz CT molecular complexity index is 408. The van der Waals surface area contributed by atoms with Crippen molar-refractivity contribution < 1.29 is 4.74 Å². The first-order chi connectivity index (χ1) is 10.2. The number of rotatable bonds is 6. The van der Waals surface area contributed by atoms with E-state index in [1.54, 1.807) is 0 Å². The Kier molecular flexibility index (Phi) is 6.22. The molecule has 1 fully saturated rings. The fourth-order valence-corrected chi connectivity index (χ4v) is 3.57. The van der Waals surface area contributed by atoms with Gasteiger partial charge in [-0.1, -0.05) is 56.9 Å². The maximum Gasteiger partial charge on any atom is 0.0847 e. The van der Waals surface area contributed by atoms with Gasteiger partial charge in [-0.05, 0) is 36.8 Å². The maximum absolute atomic E-state index is 5.99. The fraction of sp³-hybridized carbons (Fsp3) is 0.667. The van der Waals surface area contributed by atoms with Crippen molar-refractivity contribution in [1.29, 1.82) is 0 Å². The van der Waals surface area contributed by atoms with Crippen molar-refractivity contribution in [2.75, 3.05) is 7.11 Å². The summed E-state index contributed by atoms with van der Waals surface area (Å²) >= 11 is 0. The normalized spacial score (nSPS) is 20.0. The smallest absolute Gasteiger partial charge is 0.0847 e. The zero-order valence-corrected chi connectivity index (χ0v) is 13.5. The van der Waals surface area contributed by atoms with Crippen LogP contribution in [0.5, 0.6) is 0 Å². The molecule has 1 atom stereocenters. The van der Waals surface area contributed by atoms with E-state index < -0.39 is 0 Å². The van der Waals surface area contributed by atoms with Crippen molar-refractivity contribution in [3.05, 3.63) is 35.4 Å². The highest BCUT2D eigenvalue weighted by atomic mass is 16.5. The molecular weight excluding hydrogens is 260 g/mol. The van der Waals surface area contributed by atoms with Crippen molar-refractivity contribution in [2.45, 2.75) is 69.9 Å². The molecule has 0 heterocycles. The van der Waals surface area contributed by atoms with E-state index in [-0.39, 0.29) is 11.6 Å². The van der Waals surface area contributed by atoms with Crippen LogP contribution in [-0.4, -0.2) is 18.8 Å². The summed E-state index contributed by atoms with van der Waals surface area (Å²) in [6.45, 7) is 2.19. The Hall–Kier alpha value is -0.900. The predicted octanol–water partition coefficient (Wildman–Crippen LogP) is 3.36. The van der Waals surface area contributed by atoms with E-state index in [0.29, 0.717) is 0 Å². The van der Waals surface area contributed by atoms with Crippen molar-refractivity contribution in [3.8, 4) is 0 Å².